The standard InChI is InChI=1S/C36H35ClO6S2/c1-23-11-17-29(18-12-23)45(41,42)36-31(25-7-6-8-26(37)19-25)21-34(38)32-22-35(44(39,40)28-9-4-3-5-10-28)30(20-33(32)36)24-13-15-27(43-2)16-14-24/h3-19,30-33,35-36H,20-22H2,1-2H3/t30-,31-,32+,33-,35?,36?/m0/s1. The van der Waals surface area contributed by atoms with Crippen molar-refractivity contribution in [3.8, 4) is 5.75 Å². The van der Waals surface area contributed by atoms with Gasteiger partial charge in [0.25, 0.3) is 0 Å². The van der Waals surface area contributed by atoms with E-state index in [-0.39, 0.29) is 34.8 Å². The van der Waals surface area contributed by atoms with E-state index in [1.807, 2.05) is 25.1 Å². The fraction of sp³-hybridized carbons (Fsp3) is 0.306. The molecule has 9 heteroatoms. The van der Waals surface area contributed by atoms with Crippen molar-refractivity contribution in [2.75, 3.05) is 7.11 Å². The zero-order chi connectivity index (χ0) is 31.9. The molecule has 234 valence electrons. The second-order valence-corrected chi connectivity index (χ2v) is 16.9. The molecule has 0 spiro atoms. The lowest BCUT2D eigenvalue weighted by Crippen LogP contribution is -2.53. The maximum atomic E-state index is 14.7. The maximum absolute atomic E-state index is 14.7. The second-order valence-electron chi connectivity index (χ2n) is 12.2. The molecule has 0 N–H and O–H groups in total. The van der Waals surface area contributed by atoms with Crippen molar-refractivity contribution < 1.29 is 26.4 Å². The molecule has 0 amide bonds. The number of aryl methyl sites for hydroxylation is 1. The van der Waals surface area contributed by atoms with Crippen molar-refractivity contribution in [2.45, 2.75) is 58.3 Å². The van der Waals surface area contributed by atoms with E-state index in [1.165, 1.54) is 0 Å². The molecule has 0 bridgehead atoms. The predicted molar refractivity (Wildman–Crippen MR) is 175 cm³/mol. The molecule has 0 heterocycles. The highest BCUT2D eigenvalue weighted by Crippen LogP contribution is 2.54. The van der Waals surface area contributed by atoms with Crippen LogP contribution in [-0.2, 0) is 24.5 Å². The number of hydrogen-bond acceptors (Lipinski definition) is 6. The number of Topliss-reactive ketones (excluding diaryl/α,β-unsaturated/α-hetero) is 1. The molecule has 2 aliphatic rings. The molecule has 4 aromatic rings. The van der Waals surface area contributed by atoms with Crippen LogP contribution in [0.2, 0.25) is 5.02 Å². The second kappa shape index (κ2) is 12.4. The zero-order valence-corrected chi connectivity index (χ0v) is 27.4. The molecule has 0 radical (unpaired) electrons. The number of hydrogen-bond donors (Lipinski definition) is 0. The molecule has 45 heavy (non-hydrogen) atoms. The Morgan fingerprint density at radius 3 is 2.00 bits per heavy atom. The Kier molecular flexibility index (Phi) is 8.67. The minimum Gasteiger partial charge on any atom is -0.497 e. The van der Waals surface area contributed by atoms with Gasteiger partial charge in [-0.2, -0.15) is 0 Å². The van der Waals surface area contributed by atoms with Crippen molar-refractivity contribution in [1.82, 2.24) is 0 Å². The van der Waals surface area contributed by atoms with Crippen LogP contribution in [0.3, 0.4) is 0 Å². The van der Waals surface area contributed by atoms with Gasteiger partial charge in [0.15, 0.2) is 19.7 Å². The fourth-order valence-corrected chi connectivity index (χ4v) is 11.9. The number of carbonyl (C=O) groups is 1. The summed E-state index contributed by atoms with van der Waals surface area (Å²) in [6.45, 7) is 1.90. The topological polar surface area (TPSA) is 94.6 Å². The number of halogens is 1. The summed E-state index contributed by atoms with van der Waals surface area (Å²) in [6.07, 6.45) is 0.245. The van der Waals surface area contributed by atoms with E-state index in [0.29, 0.717) is 16.3 Å². The van der Waals surface area contributed by atoms with E-state index in [2.05, 4.69) is 0 Å². The summed E-state index contributed by atoms with van der Waals surface area (Å²) in [5, 5.41) is -1.41. The third-order valence-corrected chi connectivity index (χ3v) is 14.4. The molecular formula is C36H35ClO6S2. The van der Waals surface area contributed by atoms with E-state index in [0.717, 1.165) is 11.1 Å². The van der Waals surface area contributed by atoms with E-state index in [4.69, 9.17) is 16.3 Å². The van der Waals surface area contributed by atoms with Crippen molar-refractivity contribution in [3.63, 3.8) is 0 Å². The van der Waals surface area contributed by atoms with Gasteiger partial charge in [-0.05, 0) is 85.3 Å². The molecule has 6 nitrogen and oxygen atoms in total. The van der Waals surface area contributed by atoms with Gasteiger partial charge in [-0.3, -0.25) is 4.79 Å². The number of fused-ring (bicyclic) bond motifs is 1. The highest BCUT2D eigenvalue weighted by Gasteiger charge is 2.56. The first kappa shape index (κ1) is 31.5. The first-order valence-corrected chi connectivity index (χ1v) is 18.5. The molecule has 0 aliphatic heterocycles. The lowest BCUT2D eigenvalue weighted by Gasteiger charge is -2.48. The molecule has 2 saturated carbocycles. The molecular weight excluding hydrogens is 628 g/mol. The molecule has 2 fully saturated rings. The van der Waals surface area contributed by atoms with Gasteiger partial charge in [0.05, 0.1) is 27.4 Å². The number of carbonyl (C=O) groups excluding carboxylic acids is 1. The average Bonchev–Trinajstić information content (AvgIpc) is 3.04. The van der Waals surface area contributed by atoms with Crippen LogP contribution in [0.5, 0.6) is 5.75 Å². The lowest BCUT2D eigenvalue weighted by molar-refractivity contribution is -0.128. The Balaban J connectivity index is 1.51. The SMILES string of the molecule is COc1ccc([C@@H]2C[C@@H]3C(S(=O)(=O)c4ccc(C)cc4)[C@H](c4cccc(Cl)c4)CC(=O)[C@@H]3CC2S(=O)(=O)c2ccccc2)cc1. The van der Waals surface area contributed by atoms with E-state index in [1.54, 1.807) is 92.0 Å². The Hall–Kier alpha value is -3.46. The average molecular weight is 663 g/mol. The number of benzene rings is 4. The quantitative estimate of drug-likeness (QED) is 0.208. The van der Waals surface area contributed by atoms with Gasteiger partial charge >= 0.3 is 0 Å². The van der Waals surface area contributed by atoms with Crippen molar-refractivity contribution in [2.24, 2.45) is 11.8 Å². The van der Waals surface area contributed by atoms with E-state index in [9.17, 15) is 21.6 Å². The number of ketones is 1. The predicted octanol–water partition coefficient (Wildman–Crippen LogP) is 7.21. The van der Waals surface area contributed by atoms with Crippen LogP contribution in [-0.4, -0.2) is 40.2 Å². The van der Waals surface area contributed by atoms with Crippen molar-refractivity contribution in [3.05, 3.63) is 125 Å². The highest BCUT2D eigenvalue weighted by atomic mass is 35.5. The van der Waals surface area contributed by atoms with Gasteiger partial charge in [0.1, 0.15) is 11.5 Å². The first-order chi connectivity index (χ1) is 21.5. The van der Waals surface area contributed by atoms with Crippen LogP contribution in [0.25, 0.3) is 0 Å². The summed E-state index contributed by atoms with van der Waals surface area (Å²) in [6, 6.07) is 29.4. The number of sulfone groups is 2. The largest absolute Gasteiger partial charge is 0.497 e. The molecule has 4 aromatic carbocycles. The highest BCUT2D eigenvalue weighted by molar-refractivity contribution is 7.92. The summed E-state index contributed by atoms with van der Waals surface area (Å²) in [5.41, 5.74) is 2.39. The Morgan fingerprint density at radius 2 is 1.36 bits per heavy atom. The van der Waals surface area contributed by atoms with Crippen LogP contribution < -0.4 is 4.74 Å². The molecule has 2 unspecified atom stereocenters. The number of methoxy groups -OCH3 is 1. The number of rotatable bonds is 7. The van der Waals surface area contributed by atoms with Crippen molar-refractivity contribution >= 4 is 37.1 Å². The minimum absolute atomic E-state index is 0.0113. The minimum atomic E-state index is -3.97. The normalized spacial score (nSPS) is 25.4. The van der Waals surface area contributed by atoms with Gasteiger partial charge < -0.3 is 4.74 Å². The fourth-order valence-electron chi connectivity index (χ4n) is 7.42. The number of ether oxygens (including phenoxy) is 1. The van der Waals surface area contributed by atoms with Gasteiger partial charge in [-0.25, -0.2) is 16.8 Å². The smallest absolute Gasteiger partial charge is 0.182 e. The summed E-state index contributed by atoms with van der Waals surface area (Å²) >= 11 is 6.38. The first-order valence-electron chi connectivity index (χ1n) is 15.0. The molecule has 0 aromatic heterocycles. The van der Waals surface area contributed by atoms with Crippen LogP contribution in [0.1, 0.15) is 47.8 Å². The third-order valence-electron chi connectivity index (χ3n) is 9.63. The molecule has 2 aliphatic carbocycles. The van der Waals surface area contributed by atoms with Crippen LogP contribution in [0, 0.1) is 18.8 Å². The van der Waals surface area contributed by atoms with Gasteiger partial charge in [0, 0.05) is 29.2 Å². The summed E-state index contributed by atoms with van der Waals surface area (Å²) in [4.78, 5) is 14.4. The van der Waals surface area contributed by atoms with Gasteiger partial charge in [-0.1, -0.05) is 71.8 Å². The van der Waals surface area contributed by atoms with Crippen LogP contribution >= 0.6 is 11.6 Å². The lowest BCUT2D eigenvalue weighted by atomic mass is 9.61. The monoisotopic (exact) mass is 662 g/mol. The van der Waals surface area contributed by atoms with Gasteiger partial charge in [-0.15, -0.1) is 0 Å². The molecule has 0 saturated heterocycles. The summed E-state index contributed by atoms with van der Waals surface area (Å²) < 4.78 is 63.2. The Bertz CT molecular complexity index is 1910. The third kappa shape index (κ3) is 5.96. The van der Waals surface area contributed by atoms with Crippen molar-refractivity contribution in [1.29, 1.82) is 0 Å². The zero-order valence-electron chi connectivity index (χ0n) is 25.0. The van der Waals surface area contributed by atoms with E-state index >= 15 is 0 Å². The molecule has 6 atom stereocenters. The van der Waals surface area contributed by atoms with Gasteiger partial charge in [0.2, 0.25) is 0 Å². The summed E-state index contributed by atoms with van der Waals surface area (Å²) in [7, 11) is -6.29. The van der Waals surface area contributed by atoms with E-state index < -0.39 is 53.8 Å². The van der Waals surface area contributed by atoms with Crippen LogP contribution in [0.15, 0.2) is 113 Å². The van der Waals surface area contributed by atoms with Crippen LogP contribution in [0.4, 0.5) is 0 Å². The maximum Gasteiger partial charge on any atom is 0.182 e. The Labute approximate surface area is 270 Å². The Morgan fingerprint density at radius 1 is 0.689 bits per heavy atom. The summed E-state index contributed by atoms with van der Waals surface area (Å²) in [5.74, 6) is -2.02. The molecule has 6 rings (SSSR count).